The van der Waals surface area contributed by atoms with Crippen molar-refractivity contribution in [3.63, 3.8) is 0 Å². The van der Waals surface area contributed by atoms with Gasteiger partial charge in [-0.15, -0.1) is 11.3 Å². The largest absolute Gasteiger partial charge is 0.619 e. The zero-order valence-corrected chi connectivity index (χ0v) is 15.7. The highest BCUT2D eigenvalue weighted by Gasteiger charge is 2.43. The molecule has 4 rings (SSSR count). The number of hydrogen-bond acceptors (Lipinski definition) is 4. The Morgan fingerprint density at radius 1 is 1.19 bits per heavy atom. The molecular formula is C21H20N2O3S. The van der Waals surface area contributed by atoms with Gasteiger partial charge in [0.15, 0.2) is 12.4 Å². The fourth-order valence-corrected chi connectivity index (χ4v) is 4.80. The second kappa shape index (κ2) is 7.13. The van der Waals surface area contributed by atoms with E-state index in [2.05, 4.69) is 0 Å². The summed E-state index contributed by atoms with van der Waals surface area (Å²) in [7, 11) is 1.76. The molecule has 3 atom stereocenters. The third-order valence-electron chi connectivity index (χ3n) is 5.18. The molecule has 6 heteroatoms. The van der Waals surface area contributed by atoms with Gasteiger partial charge in [-0.3, -0.25) is 4.79 Å². The summed E-state index contributed by atoms with van der Waals surface area (Å²) in [6, 6.07) is 16.9. The fourth-order valence-electron chi connectivity index (χ4n) is 3.77. The van der Waals surface area contributed by atoms with E-state index in [1.54, 1.807) is 18.0 Å². The smallest absolute Gasteiger partial charge is 0.223 e. The van der Waals surface area contributed by atoms with E-state index in [1.165, 1.54) is 23.7 Å². The zero-order chi connectivity index (χ0) is 19.0. The first kappa shape index (κ1) is 17.7. The first-order chi connectivity index (χ1) is 13.0. The van der Waals surface area contributed by atoms with Gasteiger partial charge in [0.05, 0.1) is 11.6 Å². The SMILES string of the molecule is CN1C(=O)C[C@H](c2ccccc2)[C@@H]1C(O)c1ccc(-c2ccc[n+]([O-])c2)s1. The topological polar surface area (TPSA) is 67.5 Å². The number of aliphatic hydroxyl groups is 1. The molecule has 0 radical (unpaired) electrons. The van der Waals surface area contributed by atoms with Crippen LogP contribution in [0.5, 0.6) is 0 Å². The molecule has 1 unspecified atom stereocenters. The van der Waals surface area contributed by atoms with Gasteiger partial charge in [0.25, 0.3) is 0 Å². The van der Waals surface area contributed by atoms with Gasteiger partial charge in [0.1, 0.15) is 6.10 Å². The van der Waals surface area contributed by atoms with Crippen LogP contribution in [-0.2, 0) is 4.79 Å². The highest BCUT2D eigenvalue weighted by atomic mass is 32.1. The van der Waals surface area contributed by atoms with E-state index in [-0.39, 0.29) is 17.9 Å². The summed E-state index contributed by atoms with van der Waals surface area (Å²) >= 11 is 1.45. The van der Waals surface area contributed by atoms with Crippen LogP contribution in [0, 0.1) is 5.21 Å². The number of carbonyl (C=O) groups excluding carboxylic acids is 1. The predicted octanol–water partition coefficient (Wildman–Crippen LogP) is 3.10. The first-order valence-electron chi connectivity index (χ1n) is 8.82. The standard InChI is InChI=1S/C21H20N2O3S/c1-22-19(24)12-16(14-6-3-2-4-7-14)20(22)21(25)18-10-9-17(27-18)15-8-5-11-23(26)13-15/h2-11,13,16,20-21,25H,12H2,1H3/t16-,20-,21?/m1/s1. The van der Waals surface area contributed by atoms with E-state index >= 15 is 0 Å². The Labute approximate surface area is 161 Å². The van der Waals surface area contributed by atoms with Crippen molar-refractivity contribution in [3.8, 4) is 10.4 Å². The van der Waals surface area contributed by atoms with Crippen molar-refractivity contribution in [1.29, 1.82) is 0 Å². The molecule has 1 fully saturated rings. The number of aromatic nitrogens is 1. The van der Waals surface area contributed by atoms with Crippen LogP contribution in [0.4, 0.5) is 0 Å². The number of amides is 1. The quantitative estimate of drug-likeness (QED) is 0.559. The van der Waals surface area contributed by atoms with Crippen molar-refractivity contribution in [2.45, 2.75) is 24.5 Å². The predicted molar refractivity (Wildman–Crippen MR) is 104 cm³/mol. The lowest BCUT2D eigenvalue weighted by Crippen LogP contribution is -2.36. The molecule has 1 aliphatic rings. The van der Waals surface area contributed by atoms with Gasteiger partial charge in [-0.2, -0.15) is 4.73 Å². The van der Waals surface area contributed by atoms with Gasteiger partial charge in [-0.25, -0.2) is 0 Å². The number of benzene rings is 1. The van der Waals surface area contributed by atoms with Crippen molar-refractivity contribution in [3.05, 3.63) is 82.6 Å². The summed E-state index contributed by atoms with van der Waals surface area (Å²) in [6.45, 7) is 0. The average molecular weight is 380 g/mol. The van der Waals surface area contributed by atoms with E-state index < -0.39 is 6.10 Å². The summed E-state index contributed by atoms with van der Waals surface area (Å²) in [5.41, 5.74) is 1.87. The second-order valence-corrected chi connectivity index (χ2v) is 7.93. The number of carbonyl (C=O) groups is 1. The molecule has 0 aliphatic carbocycles. The fraction of sp³-hybridized carbons (Fsp3) is 0.238. The number of rotatable bonds is 4. The highest BCUT2D eigenvalue weighted by Crippen LogP contribution is 2.42. The molecule has 138 valence electrons. The number of thiophene rings is 1. The number of aliphatic hydroxyl groups excluding tert-OH is 1. The molecule has 0 bridgehead atoms. The van der Waals surface area contributed by atoms with Crippen LogP contribution < -0.4 is 4.73 Å². The van der Waals surface area contributed by atoms with E-state index in [9.17, 15) is 15.1 Å². The maximum absolute atomic E-state index is 12.3. The minimum Gasteiger partial charge on any atom is -0.619 e. The molecule has 1 aromatic carbocycles. The molecule has 0 saturated carbocycles. The lowest BCUT2D eigenvalue weighted by molar-refractivity contribution is -0.604. The number of hydrogen-bond donors (Lipinski definition) is 1. The number of likely N-dealkylation sites (N-methyl/N-ethyl adjacent to an activating group) is 1. The maximum Gasteiger partial charge on any atom is 0.223 e. The molecule has 1 saturated heterocycles. The van der Waals surface area contributed by atoms with Gasteiger partial charge in [-0.1, -0.05) is 30.3 Å². The second-order valence-electron chi connectivity index (χ2n) is 6.82. The van der Waals surface area contributed by atoms with Crippen molar-refractivity contribution in [2.75, 3.05) is 7.05 Å². The average Bonchev–Trinajstić information content (AvgIpc) is 3.28. The van der Waals surface area contributed by atoms with Crippen LogP contribution >= 0.6 is 11.3 Å². The summed E-state index contributed by atoms with van der Waals surface area (Å²) in [5, 5.41) is 22.6. The minimum atomic E-state index is -0.784. The van der Waals surface area contributed by atoms with E-state index in [4.69, 9.17) is 0 Å². The van der Waals surface area contributed by atoms with Gasteiger partial charge in [-0.05, 0) is 23.8 Å². The molecule has 27 heavy (non-hydrogen) atoms. The van der Waals surface area contributed by atoms with E-state index in [1.807, 2.05) is 48.5 Å². The maximum atomic E-state index is 12.3. The van der Waals surface area contributed by atoms with Crippen LogP contribution in [0.3, 0.4) is 0 Å². The molecule has 5 nitrogen and oxygen atoms in total. The summed E-state index contributed by atoms with van der Waals surface area (Å²) in [6.07, 6.45) is 2.57. The molecule has 1 amide bonds. The molecular weight excluding hydrogens is 360 g/mol. The Morgan fingerprint density at radius 2 is 1.96 bits per heavy atom. The van der Waals surface area contributed by atoms with Gasteiger partial charge >= 0.3 is 0 Å². The monoisotopic (exact) mass is 380 g/mol. The van der Waals surface area contributed by atoms with Gasteiger partial charge < -0.3 is 15.2 Å². The molecule has 3 aromatic rings. The van der Waals surface area contributed by atoms with Crippen molar-refractivity contribution in [2.24, 2.45) is 0 Å². The number of nitrogens with zero attached hydrogens (tertiary/aromatic N) is 2. The minimum absolute atomic E-state index is 0.0418. The van der Waals surface area contributed by atoms with Gasteiger partial charge in [0.2, 0.25) is 5.91 Å². The third kappa shape index (κ3) is 3.34. The first-order valence-corrected chi connectivity index (χ1v) is 9.64. The van der Waals surface area contributed by atoms with Crippen molar-refractivity contribution < 1.29 is 14.6 Å². The Kier molecular flexibility index (Phi) is 4.68. The Hall–Kier alpha value is -2.70. The Bertz CT molecular complexity index is 957. The zero-order valence-electron chi connectivity index (χ0n) is 14.9. The summed E-state index contributed by atoms with van der Waals surface area (Å²) < 4.78 is 0.764. The number of pyridine rings is 1. The van der Waals surface area contributed by atoms with Crippen molar-refractivity contribution >= 4 is 17.2 Å². The molecule has 3 heterocycles. The van der Waals surface area contributed by atoms with Crippen LogP contribution in [0.15, 0.2) is 67.0 Å². The lowest BCUT2D eigenvalue weighted by atomic mass is 9.88. The van der Waals surface area contributed by atoms with Crippen LogP contribution in [0.2, 0.25) is 0 Å². The lowest BCUT2D eigenvalue weighted by Gasteiger charge is -2.29. The molecule has 1 N–H and O–H groups in total. The molecule has 1 aliphatic heterocycles. The number of likely N-dealkylation sites (tertiary alicyclic amines) is 1. The summed E-state index contributed by atoms with van der Waals surface area (Å²) in [4.78, 5) is 15.7. The normalized spacial score (nSPS) is 20.8. The summed E-state index contributed by atoms with van der Waals surface area (Å²) in [5.74, 6) is -0.00934. The van der Waals surface area contributed by atoms with Crippen molar-refractivity contribution in [1.82, 2.24) is 4.90 Å². The Balaban J connectivity index is 1.65. The van der Waals surface area contributed by atoms with Crippen LogP contribution in [0.25, 0.3) is 10.4 Å². The molecule has 2 aromatic heterocycles. The Morgan fingerprint density at radius 3 is 2.70 bits per heavy atom. The third-order valence-corrected chi connectivity index (χ3v) is 6.38. The van der Waals surface area contributed by atoms with E-state index in [0.29, 0.717) is 6.42 Å². The van der Waals surface area contributed by atoms with Gasteiger partial charge in [0, 0.05) is 35.2 Å². The van der Waals surface area contributed by atoms with E-state index in [0.717, 1.165) is 25.6 Å². The van der Waals surface area contributed by atoms with Crippen LogP contribution in [0.1, 0.15) is 28.9 Å². The van der Waals surface area contributed by atoms with Crippen LogP contribution in [-0.4, -0.2) is 29.0 Å². The molecule has 0 spiro atoms. The highest BCUT2D eigenvalue weighted by molar-refractivity contribution is 7.15.